The first kappa shape index (κ1) is 17.0. The molecular formula is C17H22F2N2O3. The highest BCUT2D eigenvalue weighted by Crippen LogP contribution is 2.43. The van der Waals surface area contributed by atoms with Crippen molar-refractivity contribution in [2.75, 3.05) is 33.9 Å². The molecule has 0 radical (unpaired) electrons. The molecule has 0 aromatic heterocycles. The van der Waals surface area contributed by atoms with Crippen LogP contribution in [0.5, 0.6) is 11.5 Å². The second kappa shape index (κ2) is 6.20. The second-order valence-corrected chi connectivity index (χ2v) is 6.69. The summed E-state index contributed by atoms with van der Waals surface area (Å²) in [5.74, 6) is -1.90. The van der Waals surface area contributed by atoms with Gasteiger partial charge in [-0.25, -0.2) is 8.78 Å². The molecule has 3 rings (SSSR count). The minimum absolute atomic E-state index is 0.255. The molecule has 24 heavy (non-hydrogen) atoms. The van der Waals surface area contributed by atoms with Crippen molar-refractivity contribution in [1.82, 2.24) is 10.2 Å². The monoisotopic (exact) mass is 340 g/mol. The van der Waals surface area contributed by atoms with Gasteiger partial charge in [0.15, 0.2) is 0 Å². The number of amides is 1. The molecule has 2 aliphatic heterocycles. The van der Waals surface area contributed by atoms with Crippen molar-refractivity contribution < 1.29 is 23.0 Å². The lowest BCUT2D eigenvalue weighted by Gasteiger charge is -2.42. The summed E-state index contributed by atoms with van der Waals surface area (Å²) >= 11 is 0. The number of ether oxygens (including phenoxy) is 2. The fourth-order valence-electron chi connectivity index (χ4n) is 3.78. The van der Waals surface area contributed by atoms with Gasteiger partial charge in [0.1, 0.15) is 11.5 Å². The predicted octanol–water partition coefficient (Wildman–Crippen LogP) is 2.05. The van der Waals surface area contributed by atoms with Crippen molar-refractivity contribution in [2.24, 2.45) is 5.41 Å². The van der Waals surface area contributed by atoms with Crippen LogP contribution in [0.25, 0.3) is 0 Å². The molecule has 0 bridgehead atoms. The van der Waals surface area contributed by atoms with Crippen molar-refractivity contribution in [3.63, 3.8) is 0 Å². The minimum atomic E-state index is -2.87. The summed E-state index contributed by atoms with van der Waals surface area (Å²) in [5, 5.41) is 2.70. The molecule has 2 aliphatic rings. The number of rotatable bonds is 4. The number of hydrogen-bond donors (Lipinski definition) is 1. The molecule has 132 valence electrons. The molecule has 1 aromatic rings. The maximum Gasteiger partial charge on any atom is 0.261 e. The molecule has 0 saturated carbocycles. The molecule has 1 unspecified atom stereocenters. The maximum atomic E-state index is 14.2. The number of benzene rings is 1. The standard InChI is InChI=1S/C17H22F2N2O3/c1-23-13-5-12(6-14(7-13)24-2)8-21-10-16(3-4-20-15(16)22)9-17(18,19)11-21/h5-7H,3-4,8-11H2,1-2H3,(H,20,22). The minimum Gasteiger partial charge on any atom is -0.497 e. The van der Waals surface area contributed by atoms with E-state index in [0.717, 1.165) is 5.56 Å². The van der Waals surface area contributed by atoms with E-state index >= 15 is 0 Å². The lowest BCUT2D eigenvalue weighted by Crippen LogP contribution is -2.54. The third-order valence-corrected chi connectivity index (χ3v) is 4.77. The van der Waals surface area contributed by atoms with E-state index in [0.29, 0.717) is 37.6 Å². The van der Waals surface area contributed by atoms with Crippen LogP contribution in [0.2, 0.25) is 0 Å². The number of methoxy groups -OCH3 is 2. The number of carbonyl (C=O) groups excluding carboxylic acids is 1. The fraction of sp³-hybridized carbons (Fsp3) is 0.588. The van der Waals surface area contributed by atoms with Crippen LogP contribution in [0.15, 0.2) is 18.2 Å². The Morgan fingerprint density at radius 3 is 2.38 bits per heavy atom. The molecule has 1 spiro atoms. The van der Waals surface area contributed by atoms with Gasteiger partial charge in [0.25, 0.3) is 5.92 Å². The summed E-state index contributed by atoms with van der Waals surface area (Å²) in [6, 6.07) is 5.34. The van der Waals surface area contributed by atoms with E-state index in [4.69, 9.17) is 9.47 Å². The van der Waals surface area contributed by atoms with E-state index in [9.17, 15) is 13.6 Å². The van der Waals surface area contributed by atoms with Gasteiger partial charge in [0.2, 0.25) is 5.91 Å². The Bertz CT molecular complexity index is 616. The second-order valence-electron chi connectivity index (χ2n) is 6.69. The number of likely N-dealkylation sites (tertiary alicyclic amines) is 1. The predicted molar refractivity (Wildman–Crippen MR) is 84.4 cm³/mol. The number of halogens is 2. The Kier molecular flexibility index (Phi) is 4.38. The van der Waals surface area contributed by atoms with Crippen molar-refractivity contribution >= 4 is 5.91 Å². The van der Waals surface area contributed by atoms with Crippen LogP contribution in [-0.2, 0) is 11.3 Å². The Labute approximate surface area is 139 Å². The average Bonchev–Trinajstić information content (AvgIpc) is 2.84. The summed E-state index contributed by atoms with van der Waals surface area (Å²) in [4.78, 5) is 13.8. The van der Waals surface area contributed by atoms with Gasteiger partial charge >= 0.3 is 0 Å². The highest BCUT2D eigenvalue weighted by molar-refractivity contribution is 5.85. The van der Waals surface area contributed by atoms with Gasteiger partial charge in [-0.2, -0.15) is 0 Å². The lowest BCUT2D eigenvalue weighted by atomic mass is 9.77. The topological polar surface area (TPSA) is 50.8 Å². The van der Waals surface area contributed by atoms with Crippen LogP contribution in [0.3, 0.4) is 0 Å². The summed E-state index contributed by atoms with van der Waals surface area (Å²) in [6.45, 7) is 0.781. The Hall–Kier alpha value is -1.89. The first-order valence-electron chi connectivity index (χ1n) is 7.96. The van der Waals surface area contributed by atoms with Crippen LogP contribution in [0.4, 0.5) is 8.78 Å². The fourth-order valence-corrected chi connectivity index (χ4v) is 3.78. The van der Waals surface area contributed by atoms with Crippen molar-refractivity contribution in [2.45, 2.75) is 25.3 Å². The molecule has 1 atom stereocenters. The van der Waals surface area contributed by atoms with Crippen LogP contribution in [0, 0.1) is 5.41 Å². The summed E-state index contributed by atoms with van der Waals surface area (Å²) in [5.41, 5.74) is -0.164. The highest BCUT2D eigenvalue weighted by Gasteiger charge is 2.54. The zero-order valence-electron chi connectivity index (χ0n) is 13.9. The van der Waals surface area contributed by atoms with Crippen LogP contribution < -0.4 is 14.8 Å². The normalized spacial score (nSPS) is 26.4. The molecule has 1 N–H and O–H groups in total. The van der Waals surface area contributed by atoms with Crippen LogP contribution in [0.1, 0.15) is 18.4 Å². The third kappa shape index (κ3) is 3.31. The largest absolute Gasteiger partial charge is 0.497 e. The molecule has 0 aliphatic carbocycles. The summed E-state index contributed by atoms with van der Waals surface area (Å²) in [7, 11) is 3.09. The van der Waals surface area contributed by atoms with Gasteiger partial charge in [-0.05, 0) is 24.1 Å². The maximum absolute atomic E-state index is 14.2. The van der Waals surface area contributed by atoms with Crippen LogP contribution in [-0.4, -0.2) is 50.6 Å². The molecule has 2 heterocycles. The molecule has 5 nitrogen and oxygen atoms in total. The highest BCUT2D eigenvalue weighted by atomic mass is 19.3. The van der Waals surface area contributed by atoms with Gasteiger partial charge in [0.05, 0.1) is 26.2 Å². The van der Waals surface area contributed by atoms with E-state index in [1.807, 2.05) is 0 Å². The molecular weight excluding hydrogens is 318 g/mol. The molecule has 2 saturated heterocycles. The number of nitrogens with zero attached hydrogens (tertiary/aromatic N) is 1. The zero-order valence-corrected chi connectivity index (χ0v) is 13.9. The van der Waals surface area contributed by atoms with Gasteiger partial charge in [-0.3, -0.25) is 9.69 Å². The Morgan fingerprint density at radius 2 is 1.83 bits per heavy atom. The molecule has 2 fully saturated rings. The van der Waals surface area contributed by atoms with E-state index < -0.39 is 11.3 Å². The van der Waals surface area contributed by atoms with Gasteiger partial charge < -0.3 is 14.8 Å². The first-order valence-corrected chi connectivity index (χ1v) is 7.96. The van der Waals surface area contributed by atoms with E-state index in [1.54, 1.807) is 37.3 Å². The SMILES string of the molecule is COc1cc(CN2CC(F)(F)CC3(CCNC3=O)C2)cc(OC)c1. The number of alkyl halides is 2. The molecule has 1 amide bonds. The number of hydrogen-bond acceptors (Lipinski definition) is 4. The van der Waals surface area contributed by atoms with E-state index in [2.05, 4.69) is 5.32 Å². The number of piperidine rings is 1. The van der Waals surface area contributed by atoms with Crippen LogP contribution >= 0.6 is 0 Å². The third-order valence-electron chi connectivity index (χ3n) is 4.77. The van der Waals surface area contributed by atoms with Crippen molar-refractivity contribution in [1.29, 1.82) is 0 Å². The quantitative estimate of drug-likeness (QED) is 0.911. The average molecular weight is 340 g/mol. The van der Waals surface area contributed by atoms with Crippen molar-refractivity contribution in [3.05, 3.63) is 23.8 Å². The summed E-state index contributed by atoms with van der Waals surface area (Å²) < 4.78 is 38.9. The van der Waals surface area contributed by atoms with E-state index in [-0.39, 0.29) is 18.9 Å². The molecule has 1 aromatic carbocycles. The number of carbonyl (C=O) groups is 1. The smallest absolute Gasteiger partial charge is 0.261 e. The Morgan fingerprint density at radius 1 is 1.17 bits per heavy atom. The lowest BCUT2D eigenvalue weighted by molar-refractivity contribution is -0.149. The Balaban J connectivity index is 1.83. The first-order chi connectivity index (χ1) is 11.4. The summed E-state index contributed by atoms with van der Waals surface area (Å²) in [6.07, 6.45) is 0.0864. The van der Waals surface area contributed by atoms with Crippen molar-refractivity contribution in [3.8, 4) is 11.5 Å². The van der Waals surface area contributed by atoms with E-state index in [1.165, 1.54) is 0 Å². The zero-order chi connectivity index (χ0) is 17.4. The van der Waals surface area contributed by atoms with Gasteiger partial charge in [-0.1, -0.05) is 0 Å². The number of nitrogens with one attached hydrogen (secondary N) is 1. The van der Waals surface area contributed by atoms with Gasteiger partial charge in [-0.15, -0.1) is 0 Å². The molecule has 7 heteroatoms. The van der Waals surface area contributed by atoms with Gasteiger partial charge in [0, 0.05) is 32.1 Å².